The van der Waals surface area contributed by atoms with E-state index in [0.717, 1.165) is 0 Å². The molecule has 0 spiro atoms. The molecule has 1 heterocycles. The van der Waals surface area contributed by atoms with Crippen LogP contribution in [0.2, 0.25) is 0 Å². The van der Waals surface area contributed by atoms with Crippen LogP contribution < -0.4 is 43.8 Å². The Bertz CT molecular complexity index is 1390. The fourth-order valence-corrected chi connectivity index (χ4v) is 4.56. The summed E-state index contributed by atoms with van der Waals surface area (Å²) < 4.78 is 0. The number of nitrogens with two attached hydrogens (primary N) is 3. The van der Waals surface area contributed by atoms with Gasteiger partial charge in [0.05, 0.1) is 6.42 Å². The lowest BCUT2D eigenvalue weighted by molar-refractivity contribution is -0.138. The van der Waals surface area contributed by atoms with Crippen molar-refractivity contribution in [2.45, 2.75) is 56.7 Å². The van der Waals surface area contributed by atoms with E-state index >= 15 is 0 Å². The van der Waals surface area contributed by atoms with Gasteiger partial charge in [0, 0.05) is 29.9 Å². The van der Waals surface area contributed by atoms with Crippen LogP contribution in [0.5, 0.6) is 0 Å². The summed E-state index contributed by atoms with van der Waals surface area (Å²) >= 11 is 0. The quantitative estimate of drug-likeness (QED) is 0.0664. The zero-order chi connectivity index (χ0) is 32.8. The summed E-state index contributed by atoms with van der Waals surface area (Å²) in [6.45, 7) is 0.604. The second-order valence-corrected chi connectivity index (χ2v) is 10.5. The van der Waals surface area contributed by atoms with E-state index in [0.29, 0.717) is 62.0 Å². The number of hydrogen-bond acceptors (Lipinski definition) is 7. The van der Waals surface area contributed by atoms with Gasteiger partial charge in [0.1, 0.15) is 24.0 Å². The van der Waals surface area contributed by atoms with Crippen molar-refractivity contribution in [3.05, 3.63) is 65.7 Å². The fraction of sp³-hybridized carbons (Fsp3) is 0.367. The molecule has 45 heavy (non-hydrogen) atoms. The maximum absolute atomic E-state index is 12.9. The van der Waals surface area contributed by atoms with Crippen LogP contribution in [0.4, 0.5) is 5.69 Å². The summed E-state index contributed by atoms with van der Waals surface area (Å²) in [7, 11) is 0. The maximum atomic E-state index is 12.9. The van der Waals surface area contributed by atoms with Crippen LogP contribution in [-0.4, -0.2) is 72.5 Å². The monoisotopic (exact) mass is 620 g/mol. The smallest absolute Gasteiger partial charge is 0.251 e. The number of guanidine groups is 1. The Hall–Kier alpha value is -5.47. The first-order valence-electron chi connectivity index (χ1n) is 14.6. The lowest BCUT2D eigenvalue weighted by atomic mass is 10.0. The number of hydrogen-bond donors (Lipinski definition) is 9. The molecule has 0 aromatic heterocycles. The van der Waals surface area contributed by atoms with Gasteiger partial charge in [-0.05, 0) is 68.5 Å². The molecule has 5 amide bonds. The minimum absolute atomic E-state index is 0.0536. The Morgan fingerprint density at radius 2 is 1.53 bits per heavy atom. The molecular formula is C30H40N10O5. The summed E-state index contributed by atoms with van der Waals surface area (Å²) in [6.07, 6.45) is 1.91. The Morgan fingerprint density at radius 1 is 0.867 bits per heavy atom. The average molecular weight is 621 g/mol. The van der Waals surface area contributed by atoms with Crippen molar-refractivity contribution in [1.82, 2.24) is 21.3 Å². The van der Waals surface area contributed by atoms with Crippen LogP contribution in [0.15, 0.2) is 59.6 Å². The molecule has 0 saturated carbocycles. The van der Waals surface area contributed by atoms with Crippen LogP contribution in [0.3, 0.4) is 0 Å². The van der Waals surface area contributed by atoms with Gasteiger partial charge in [-0.1, -0.05) is 18.2 Å². The van der Waals surface area contributed by atoms with E-state index in [-0.39, 0.29) is 30.0 Å². The summed E-state index contributed by atoms with van der Waals surface area (Å²) in [6, 6.07) is 12.3. The van der Waals surface area contributed by atoms with Crippen LogP contribution in [-0.2, 0) is 19.2 Å². The van der Waals surface area contributed by atoms with E-state index in [2.05, 4.69) is 31.6 Å². The van der Waals surface area contributed by atoms with Crippen molar-refractivity contribution >= 4 is 47.0 Å². The maximum Gasteiger partial charge on any atom is 0.251 e. The second kappa shape index (κ2) is 17.0. The highest BCUT2D eigenvalue weighted by atomic mass is 16.2. The van der Waals surface area contributed by atoms with E-state index in [1.54, 1.807) is 54.6 Å². The number of amidine groups is 1. The number of nitrogen functional groups attached to an aromatic ring is 1. The van der Waals surface area contributed by atoms with Gasteiger partial charge in [0.25, 0.3) is 5.91 Å². The third-order valence-electron chi connectivity index (χ3n) is 6.96. The van der Waals surface area contributed by atoms with E-state index in [4.69, 9.17) is 22.6 Å². The van der Waals surface area contributed by atoms with E-state index in [1.807, 2.05) is 0 Å². The molecule has 2 aromatic carbocycles. The fourth-order valence-electron chi connectivity index (χ4n) is 4.56. The van der Waals surface area contributed by atoms with E-state index in [1.165, 1.54) is 0 Å². The molecule has 15 heteroatoms. The van der Waals surface area contributed by atoms with Crippen molar-refractivity contribution in [3.63, 3.8) is 0 Å². The summed E-state index contributed by atoms with van der Waals surface area (Å²) in [4.78, 5) is 67.1. The van der Waals surface area contributed by atoms with Gasteiger partial charge >= 0.3 is 0 Å². The van der Waals surface area contributed by atoms with Gasteiger partial charge in [-0.15, -0.1) is 0 Å². The van der Waals surface area contributed by atoms with Gasteiger partial charge in [-0.3, -0.25) is 34.4 Å². The Balaban J connectivity index is 1.40. The highest BCUT2D eigenvalue weighted by Crippen LogP contribution is 2.12. The number of benzene rings is 2. The molecule has 3 rings (SSSR count). The van der Waals surface area contributed by atoms with Gasteiger partial charge in [-0.25, -0.2) is 0 Å². The molecule has 1 aliphatic heterocycles. The number of carbonyl (C=O) groups is 5. The van der Waals surface area contributed by atoms with Crippen LogP contribution in [0.25, 0.3) is 0 Å². The number of piperazine rings is 1. The van der Waals surface area contributed by atoms with Gasteiger partial charge in [0.15, 0.2) is 5.96 Å². The SMILES string of the molecule is N=C(N)c1ccc(NC(=O)C[C@@H]2NC(=O)[C@H](CCCCNC(=O)[C@H](CCCN=C(N)N)NC(=O)c3ccccc3)NC2=O)cc1. The molecule has 2 aromatic rings. The summed E-state index contributed by atoms with van der Waals surface area (Å²) in [5, 5.41) is 20.9. The largest absolute Gasteiger partial charge is 0.384 e. The number of nitrogens with zero attached hydrogens (tertiary/aromatic N) is 1. The second-order valence-electron chi connectivity index (χ2n) is 10.5. The number of aliphatic imine (C=N–C) groups is 1. The third-order valence-corrected chi connectivity index (χ3v) is 6.96. The van der Waals surface area contributed by atoms with Crippen LogP contribution in [0, 0.1) is 5.41 Å². The normalized spacial score (nSPS) is 16.4. The molecule has 15 nitrogen and oxygen atoms in total. The van der Waals surface area contributed by atoms with Crippen LogP contribution >= 0.6 is 0 Å². The van der Waals surface area contributed by atoms with Gasteiger partial charge < -0.3 is 43.8 Å². The lowest BCUT2D eigenvalue weighted by Gasteiger charge is -2.29. The molecule has 1 saturated heterocycles. The molecule has 1 aliphatic rings. The van der Waals surface area contributed by atoms with Crippen LogP contribution in [0.1, 0.15) is 54.4 Å². The molecule has 0 unspecified atom stereocenters. The number of rotatable bonds is 16. The third kappa shape index (κ3) is 11.3. The van der Waals surface area contributed by atoms with Crippen molar-refractivity contribution in [2.24, 2.45) is 22.2 Å². The topological polar surface area (TPSA) is 260 Å². The number of amides is 5. The van der Waals surface area contributed by atoms with Crippen molar-refractivity contribution < 1.29 is 24.0 Å². The van der Waals surface area contributed by atoms with Crippen molar-refractivity contribution in [1.29, 1.82) is 5.41 Å². The number of carbonyl (C=O) groups excluding carboxylic acids is 5. The molecular weight excluding hydrogens is 580 g/mol. The first-order chi connectivity index (χ1) is 21.5. The molecule has 0 aliphatic carbocycles. The Morgan fingerprint density at radius 3 is 2.20 bits per heavy atom. The molecule has 0 bridgehead atoms. The average Bonchev–Trinajstić information content (AvgIpc) is 3.01. The van der Waals surface area contributed by atoms with Gasteiger partial charge in [0.2, 0.25) is 23.6 Å². The first kappa shape index (κ1) is 34.0. The summed E-state index contributed by atoms with van der Waals surface area (Å²) in [5.41, 5.74) is 17.5. The van der Waals surface area contributed by atoms with E-state index < -0.39 is 35.8 Å². The zero-order valence-corrected chi connectivity index (χ0v) is 24.8. The first-order valence-corrected chi connectivity index (χ1v) is 14.6. The van der Waals surface area contributed by atoms with Crippen molar-refractivity contribution in [2.75, 3.05) is 18.4 Å². The minimum Gasteiger partial charge on any atom is -0.384 e. The highest BCUT2D eigenvalue weighted by molar-refractivity contribution is 6.01. The molecule has 1 fully saturated rings. The highest BCUT2D eigenvalue weighted by Gasteiger charge is 2.34. The lowest BCUT2D eigenvalue weighted by Crippen LogP contribution is -2.62. The predicted octanol–water partition coefficient (Wildman–Crippen LogP) is -0.579. The number of nitrogens with one attached hydrogen (secondary N) is 6. The number of unbranched alkanes of at least 4 members (excludes halogenated alkanes) is 1. The molecule has 240 valence electrons. The molecule has 0 radical (unpaired) electrons. The standard InChI is InChI=1S/C30H40N10O5/c31-25(32)18-11-13-20(14-12-18)37-24(41)17-23-29(45)39-22(28(44)40-23)9-4-5-15-35-27(43)21(10-6-16-36-30(33)34)38-26(42)19-7-2-1-3-8-19/h1-3,7-8,11-14,21-23H,4-6,9-10,15-17H2,(H3,31,32)(H,35,43)(H,37,41)(H,38,42)(H,39,45)(H,40,44)(H4,33,34,36)/t21-,22-,23-/m0/s1. The molecule has 12 N–H and O–H groups in total. The van der Waals surface area contributed by atoms with Gasteiger partial charge in [-0.2, -0.15) is 0 Å². The van der Waals surface area contributed by atoms with E-state index in [9.17, 15) is 24.0 Å². The summed E-state index contributed by atoms with van der Waals surface area (Å²) in [5.74, 6) is -2.21. The Kier molecular flexibility index (Phi) is 12.8. The molecule has 3 atom stereocenters. The Labute approximate surface area is 260 Å². The van der Waals surface area contributed by atoms with Crippen molar-refractivity contribution in [3.8, 4) is 0 Å². The number of anilines is 1. The zero-order valence-electron chi connectivity index (χ0n) is 24.8. The minimum atomic E-state index is -1.01. The predicted molar refractivity (Wildman–Crippen MR) is 169 cm³/mol.